The van der Waals surface area contributed by atoms with Crippen molar-refractivity contribution in [1.29, 1.82) is 0 Å². The van der Waals surface area contributed by atoms with E-state index in [0.717, 1.165) is 48.5 Å². The smallest absolute Gasteiger partial charge is 0.238 e. The highest BCUT2D eigenvalue weighted by molar-refractivity contribution is 9.09. The maximum Gasteiger partial charge on any atom is 0.238 e. The van der Waals surface area contributed by atoms with Crippen LogP contribution >= 0.6 is 31.9 Å². The van der Waals surface area contributed by atoms with Gasteiger partial charge in [-0.05, 0) is 74.4 Å². The lowest BCUT2D eigenvalue weighted by atomic mass is 10.1. The Kier molecular flexibility index (Phi) is 23.0. The van der Waals surface area contributed by atoms with E-state index in [1.165, 1.54) is 69.6 Å². The summed E-state index contributed by atoms with van der Waals surface area (Å²) >= 11 is 6.84. The van der Waals surface area contributed by atoms with E-state index in [1.54, 1.807) is 24.3 Å². The van der Waals surface area contributed by atoms with Gasteiger partial charge in [0, 0.05) is 36.0 Å². The fourth-order valence-corrected chi connectivity index (χ4v) is 5.96. The molecule has 0 heterocycles. The number of hydrogen-bond donors (Lipinski definition) is 2. The minimum Gasteiger partial charge on any atom is -0.381 e. The van der Waals surface area contributed by atoms with Crippen LogP contribution in [-0.4, -0.2) is 53.9 Å². The van der Waals surface area contributed by atoms with Crippen LogP contribution in [-0.2, 0) is 35.9 Å². The minimum absolute atomic E-state index is 0.0729. The monoisotopic (exact) mass is 778 g/mol. The number of unbranched alkanes of at least 4 members (excludes halogenated alkanes) is 8. The molecule has 0 bridgehead atoms. The van der Waals surface area contributed by atoms with Crippen molar-refractivity contribution < 1.29 is 26.3 Å². The molecule has 12 heteroatoms. The van der Waals surface area contributed by atoms with Crippen molar-refractivity contribution >= 4 is 51.9 Å². The number of sulfonamides is 2. The molecule has 0 radical (unpaired) electrons. The number of hydrogen-bond acceptors (Lipinski definition) is 6. The van der Waals surface area contributed by atoms with Crippen molar-refractivity contribution in [2.24, 2.45) is 10.3 Å². The molecule has 44 heavy (non-hydrogen) atoms. The quantitative estimate of drug-likeness (QED) is 0.0825. The summed E-state index contributed by atoms with van der Waals surface area (Å²) in [5, 5.41) is 12.4. The first-order valence-corrected chi connectivity index (χ1v) is 20.4. The third-order valence-corrected chi connectivity index (χ3v) is 9.34. The van der Waals surface area contributed by atoms with Crippen molar-refractivity contribution in [1.82, 2.24) is 0 Å². The Morgan fingerprint density at radius 2 is 1.11 bits per heavy atom. The number of benzene rings is 2. The standard InChI is InChI=1S/C16H26BrNO3S.C16H22BrNO3S/c2*17-11-4-2-1-3-5-12-21-13-7-9-15-8-6-10-16(14-15)22(18,19)20/h6,8,10,14H,1-5,7,9,11-13H2,(H2,18,19,20);6,8,10,14H,1-5,11-13H2,(H2,18,19,20). The molecular weight excluding hydrogens is 732 g/mol. The molecule has 0 spiro atoms. The van der Waals surface area contributed by atoms with Gasteiger partial charge in [0.05, 0.1) is 9.79 Å². The van der Waals surface area contributed by atoms with Gasteiger partial charge < -0.3 is 9.47 Å². The Morgan fingerprint density at radius 3 is 1.70 bits per heavy atom. The SMILES string of the molecule is NS(=O)(=O)c1cccc(C#CCOCCCCCCCBr)c1.NS(=O)(=O)c1cccc(CCCOCCCCCCCBr)c1. The molecular formula is C32H48Br2N2O6S2. The highest BCUT2D eigenvalue weighted by Gasteiger charge is 2.08. The Labute approximate surface area is 282 Å². The summed E-state index contributed by atoms with van der Waals surface area (Å²) in [6.45, 7) is 2.58. The molecule has 248 valence electrons. The first-order chi connectivity index (χ1) is 21.1. The van der Waals surface area contributed by atoms with Crippen molar-refractivity contribution in [3.05, 3.63) is 59.7 Å². The van der Waals surface area contributed by atoms with Crippen molar-refractivity contribution in [2.45, 2.75) is 86.8 Å². The average Bonchev–Trinajstić information content (AvgIpc) is 2.99. The second-order valence-electron chi connectivity index (χ2n) is 10.2. The summed E-state index contributed by atoms with van der Waals surface area (Å²) in [4.78, 5) is 0.248. The maximum atomic E-state index is 11.3. The van der Waals surface area contributed by atoms with Crippen molar-refractivity contribution in [2.75, 3.05) is 37.1 Å². The summed E-state index contributed by atoms with van der Waals surface area (Å²) in [6, 6.07) is 13.1. The molecule has 0 aliphatic carbocycles. The zero-order valence-electron chi connectivity index (χ0n) is 25.5. The van der Waals surface area contributed by atoms with Gasteiger partial charge in [-0.15, -0.1) is 0 Å². The molecule has 0 aliphatic rings. The molecule has 8 nitrogen and oxygen atoms in total. The van der Waals surface area contributed by atoms with Gasteiger partial charge >= 0.3 is 0 Å². The van der Waals surface area contributed by atoms with Gasteiger partial charge in [0.1, 0.15) is 6.61 Å². The molecule has 0 saturated heterocycles. The lowest BCUT2D eigenvalue weighted by Crippen LogP contribution is -2.12. The van der Waals surface area contributed by atoms with Gasteiger partial charge in [-0.3, -0.25) is 0 Å². The highest BCUT2D eigenvalue weighted by atomic mass is 79.9. The van der Waals surface area contributed by atoms with Gasteiger partial charge in [-0.1, -0.05) is 100 Å². The number of halogens is 2. The van der Waals surface area contributed by atoms with E-state index in [9.17, 15) is 16.8 Å². The van der Waals surface area contributed by atoms with Gasteiger partial charge in [-0.25, -0.2) is 27.1 Å². The number of nitrogens with two attached hydrogens (primary N) is 2. The third kappa shape index (κ3) is 21.4. The first-order valence-electron chi connectivity index (χ1n) is 15.1. The molecule has 0 fully saturated rings. The number of aryl methyl sites for hydroxylation is 1. The molecule has 0 atom stereocenters. The van der Waals surface area contributed by atoms with Crippen LogP contribution in [0.1, 0.15) is 81.8 Å². The summed E-state index contributed by atoms with van der Waals surface area (Å²) < 4.78 is 56.1. The lowest BCUT2D eigenvalue weighted by Gasteiger charge is -2.06. The second kappa shape index (κ2) is 24.9. The molecule has 0 unspecified atom stereocenters. The zero-order valence-corrected chi connectivity index (χ0v) is 30.3. The normalized spacial score (nSPS) is 11.4. The fourth-order valence-electron chi connectivity index (χ4n) is 4.03. The average molecular weight is 781 g/mol. The molecule has 0 amide bonds. The van der Waals surface area contributed by atoms with Crippen LogP contribution in [0.15, 0.2) is 58.3 Å². The molecule has 2 rings (SSSR count). The Morgan fingerprint density at radius 1 is 0.614 bits per heavy atom. The van der Waals surface area contributed by atoms with E-state index in [-0.39, 0.29) is 9.79 Å². The maximum absolute atomic E-state index is 11.3. The van der Waals surface area contributed by atoms with Crippen LogP contribution in [0.3, 0.4) is 0 Å². The number of ether oxygens (including phenoxy) is 2. The van der Waals surface area contributed by atoms with Crippen LogP contribution < -0.4 is 10.3 Å². The largest absolute Gasteiger partial charge is 0.381 e. The van der Waals surface area contributed by atoms with E-state index in [1.807, 2.05) is 6.07 Å². The summed E-state index contributed by atoms with van der Waals surface area (Å²) in [5.41, 5.74) is 1.59. The van der Waals surface area contributed by atoms with E-state index < -0.39 is 20.0 Å². The summed E-state index contributed by atoms with van der Waals surface area (Å²) in [6.07, 6.45) is 13.8. The molecule has 4 N–H and O–H groups in total. The summed E-state index contributed by atoms with van der Waals surface area (Å²) in [7, 11) is -7.29. The predicted octanol–water partition coefficient (Wildman–Crippen LogP) is 6.68. The Hall–Kier alpha value is -1.30. The molecule has 0 saturated carbocycles. The van der Waals surface area contributed by atoms with Crippen LogP contribution in [0.2, 0.25) is 0 Å². The number of alkyl halides is 2. The van der Waals surface area contributed by atoms with Crippen LogP contribution in [0, 0.1) is 11.8 Å². The van der Waals surface area contributed by atoms with Crippen LogP contribution in [0.4, 0.5) is 0 Å². The molecule has 0 aromatic heterocycles. The van der Waals surface area contributed by atoms with Gasteiger partial charge in [0.2, 0.25) is 20.0 Å². The molecule has 0 aliphatic heterocycles. The Balaban J connectivity index is 0.000000440. The highest BCUT2D eigenvalue weighted by Crippen LogP contribution is 2.12. The van der Waals surface area contributed by atoms with Crippen LogP contribution in [0.5, 0.6) is 0 Å². The van der Waals surface area contributed by atoms with Gasteiger partial charge in [-0.2, -0.15) is 0 Å². The Bertz CT molecular complexity index is 1330. The first kappa shape index (κ1) is 40.7. The number of rotatable bonds is 21. The lowest BCUT2D eigenvalue weighted by molar-refractivity contribution is 0.127. The summed E-state index contributed by atoms with van der Waals surface area (Å²) in [5.74, 6) is 5.75. The van der Waals surface area contributed by atoms with E-state index in [2.05, 4.69) is 43.7 Å². The second-order valence-corrected chi connectivity index (χ2v) is 15.0. The van der Waals surface area contributed by atoms with E-state index >= 15 is 0 Å². The van der Waals surface area contributed by atoms with Gasteiger partial charge in [0.15, 0.2) is 0 Å². The van der Waals surface area contributed by atoms with Crippen molar-refractivity contribution in [3.63, 3.8) is 0 Å². The third-order valence-electron chi connectivity index (χ3n) is 6.40. The number of primary sulfonamides is 2. The molecule has 2 aromatic rings. The van der Waals surface area contributed by atoms with E-state index in [0.29, 0.717) is 25.4 Å². The van der Waals surface area contributed by atoms with Crippen molar-refractivity contribution in [3.8, 4) is 11.8 Å². The minimum atomic E-state index is -3.68. The molecule has 2 aromatic carbocycles. The zero-order chi connectivity index (χ0) is 32.5. The van der Waals surface area contributed by atoms with Crippen LogP contribution in [0.25, 0.3) is 0 Å². The van der Waals surface area contributed by atoms with E-state index in [4.69, 9.17) is 19.8 Å². The fraction of sp³-hybridized carbons (Fsp3) is 0.562. The topological polar surface area (TPSA) is 139 Å². The van der Waals surface area contributed by atoms with Gasteiger partial charge in [0.25, 0.3) is 0 Å². The predicted molar refractivity (Wildman–Crippen MR) is 186 cm³/mol.